The van der Waals surface area contributed by atoms with Gasteiger partial charge in [-0.1, -0.05) is 0 Å². The number of carbonyl (C=O) groups excluding carboxylic acids is 3. The van der Waals surface area contributed by atoms with Crippen LogP contribution in [0, 0.1) is 0 Å². The number of hydrogen-bond acceptors (Lipinski definition) is 10. The predicted molar refractivity (Wildman–Crippen MR) is 86.2 cm³/mol. The zero-order valence-electron chi connectivity index (χ0n) is 14.3. The van der Waals surface area contributed by atoms with Crippen molar-refractivity contribution >= 4 is 23.3 Å². The molecule has 2 heterocycles. The van der Waals surface area contributed by atoms with E-state index in [9.17, 15) is 29.4 Å². The Hall–Kier alpha value is -2.47. The number of hydrogen-bond donors (Lipinski definition) is 4. The van der Waals surface area contributed by atoms with Crippen LogP contribution in [0.25, 0.3) is 0 Å². The van der Waals surface area contributed by atoms with Crippen LogP contribution in [0.2, 0.25) is 0 Å². The second-order valence-corrected chi connectivity index (χ2v) is 5.84. The van der Waals surface area contributed by atoms with Crippen LogP contribution >= 0.6 is 0 Å². The van der Waals surface area contributed by atoms with E-state index in [1.807, 2.05) is 0 Å². The van der Waals surface area contributed by atoms with Crippen molar-refractivity contribution in [2.24, 2.45) is 0 Å². The zero-order valence-corrected chi connectivity index (χ0v) is 14.3. The topological polar surface area (TPSA) is 168 Å². The summed E-state index contributed by atoms with van der Waals surface area (Å²) < 4.78 is 5.71. The third kappa shape index (κ3) is 3.42. The lowest BCUT2D eigenvalue weighted by Crippen LogP contribution is -2.39. The summed E-state index contributed by atoms with van der Waals surface area (Å²) in [5, 5.41) is 31.3. The van der Waals surface area contributed by atoms with Gasteiger partial charge in [0.1, 0.15) is 29.8 Å². The molecule has 0 bridgehead atoms. The van der Waals surface area contributed by atoms with E-state index in [-0.39, 0.29) is 11.4 Å². The molecule has 0 amide bonds. The molecule has 4 atom stereocenters. The number of aliphatic hydroxyl groups excluding tert-OH is 3. The third-order valence-corrected chi connectivity index (χ3v) is 3.92. The summed E-state index contributed by atoms with van der Waals surface area (Å²) in [5.74, 6) is -2.55. The number of aliphatic hydroxyl groups is 3. The van der Waals surface area contributed by atoms with Gasteiger partial charge in [-0.15, -0.1) is 0 Å². The molecule has 1 fully saturated rings. The number of nitrogens with one attached hydrogen (secondary N) is 1. The van der Waals surface area contributed by atoms with Crippen molar-refractivity contribution in [1.29, 1.82) is 0 Å². The number of anilines is 1. The molecule has 0 saturated carbocycles. The molecule has 26 heavy (non-hydrogen) atoms. The summed E-state index contributed by atoms with van der Waals surface area (Å²) in [6, 6.07) is 0. The van der Waals surface area contributed by atoms with Gasteiger partial charge in [0.25, 0.3) is 0 Å². The van der Waals surface area contributed by atoms with E-state index in [4.69, 9.17) is 9.84 Å². The van der Waals surface area contributed by atoms with Crippen LogP contribution in [0.5, 0.6) is 0 Å². The van der Waals surface area contributed by atoms with Gasteiger partial charge in [-0.05, 0) is 6.92 Å². The minimum absolute atomic E-state index is 0.329. The number of nitrogens with zero attached hydrogens (tertiary/aromatic N) is 2. The number of rotatable bonds is 5. The highest BCUT2D eigenvalue weighted by atomic mass is 16.6. The SMILES string of the molecule is CC(=O)c1c(N[C@@H]2O[C@H](CO)[C@@H](O)[C@@H]2O)nc(=O)n(C(C)=O)c1C(C)=O. The molecule has 1 aliphatic rings. The Morgan fingerprint density at radius 2 is 1.77 bits per heavy atom. The fourth-order valence-electron chi connectivity index (χ4n) is 2.74. The highest BCUT2D eigenvalue weighted by molar-refractivity contribution is 6.10. The smallest absolute Gasteiger partial charge is 0.356 e. The molecule has 1 aliphatic heterocycles. The van der Waals surface area contributed by atoms with Crippen molar-refractivity contribution in [2.45, 2.75) is 45.3 Å². The highest BCUT2D eigenvalue weighted by Crippen LogP contribution is 2.25. The van der Waals surface area contributed by atoms with Crippen LogP contribution in [0.4, 0.5) is 5.82 Å². The van der Waals surface area contributed by atoms with E-state index in [1.165, 1.54) is 0 Å². The number of ether oxygens (including phenoxy) is 1. The number of Topliss-reactive ketones (excluding diaryl/α,β-unsaturated/α-hetero) is 2. The normalized spacial score (nSPS) is 25.2. The largest absolute Gasteiger partial charge is 0.394 e. The van der Waals surface area contributed by atoms with E-state index < -0.39 is 60.0 Å². The maximum atomic E-state index is 12.2. The van der Waals surface area contributed by atoms with Gasteiger partial charge >= 0.3 is 5.69 Å². The predicted octanol–water partition coefficient (Wildman–Crippen LogP) is -1.84. The minimum atomic E-state index is -1.50. The molecule has 11 heteroatoms. The quantitative estimate of drug-likeness (QED) is 0.433. The van der Waals surface area contributed by atoms with Crippen LogP contribution in [-0.2, 0) is 4.74 Å². The standard InChI is InChI=1S/C15H19N3O8/c1-5(20)9-10(6(2)21)18(7(3)22)15(25)17-13(9)16-14-12(24)11(23)8(4-19)26-14/h8,11-12,14,19,23-24H,4H2,1-3H3,(H,16,17,25)/t8-,11-,12+,14-/m1/s1. The first-order valence-corrected chi connectivity index (χ1v) is 7.69. The first-order valence-electron chi connectivity index (χ1n) is 7.69. The summed E-state index contributed by atoms with van der Waals surface area (Å²) >= 11 is 0. The van der Waals surface area contributed by atoms with E-state index in [0.717, 1.165) is 20.8 Å². The number of aromatic nitrogens is 2. The van der Waals surface area contributed by atoms with Gasteiger partial charge in [-0.25, -0.2) is 9.36 Å². The van der Waals surface area contributed by atoms with Crippen molar-refractivity contribution in [3.8, 4) is 0 Å². The summed E-state index contributed by atoms with van der Waals surface area (Å²) in [4.78, 5) is 51.5. The van der Waals surface area contributed by atoms with Gasteiger partial charge in [0.15, 0.2) is 17.8 Å². The Morgan fingerprint density at radius 3 is 2.19 bits per heavy atom. The molecule has 142 valence electrons. The second-order valence-electron chi connectivity index (χ2n) is 5.84. The van der Waals surface area contributed by atoms with E-state index in [2.05, 4.69) is 10.3 Å². The lowest BCUT2D eigenvalue weighted by Gasteiger charge is -2.20. The monoisotopic (exact) mass is 369 g/mol. The molecule has 1 aromatic rings. The summed E-state index contributed by atoms with van der Waals surface area (Å²) in [7, 11) is 0. The van der Waals surface area contributed by atoms with E-state index in [1.54, 1.807) is 0 Å². The van der Waals surface area contributed by atoms with Gasteiger partial charge in [-0.2, -0.15) is 4.98 Å². The lowest BCUT2D eigenvalue weighted by molar-refractivity contribution is -0.0154. The molecule has 0 aliphatic carbocycles. The van der Waals surface area contributed by atoms with Crippen LogP contribution in [-0.4, -0.2) is 73.5 Å². The number of ketones is 2. The van der Waals surface area contributed by atoms with Gasteiger partial charge in [0.05, 0.1) is 12.2 Å². The maximum absolute atomic E-state index is 12.2. The first kappa shape index (κ1) is 19.8. The van der Waals surface area contributed by atoms with Crippen LogP contribution in [0.1, 0.15) is 46.4 Å². The Balaban J connectivity index is 2.60. The van der Waals surface area contributed by atoms with Crippen molar-refractivity contribution in [3.05, 3.63) is 21.7 Å². The van der Waals surface area contributed by atoms with E-state index in [0.29, 0.717) is 4.57 Å². The average molecular weight is 369 g/mol. The highest BCUT2D eigenvalue weighted by Gasteiger charge is 2.43. The number of carbonyl (C=O) groups is 3. The maximum Gasteiger partial charge on any atom is 0.356 e. The third-order valence-electron chi connectivity index (χ3n) is 3.92. The van der Waals surface area contributed by atoms with Gasteiger partial charge < -0.3 is 25.4 Å². The van der Waals surface area contributed by atoms with Crippen molar-refractivity contribution < 1.29 is 34.4 Å². The lowest BCUT2D eigenvalue weighted by atomic mass is 10.1. The molecule has 0 spiro atoms. The van der Waals surface area contributed by atoms with Gasteiger partial charge in [0.2, 0.25) is 5.91 Å². The second kappa shape index (κ2) is 7.41. The molecule has 2 rings (SSSR count). The molecule has 0 aromatic carbocycles. The fourth-order valence-corrected chi connectivity index (χ4v) is 2.74. The summed E-state index contributed by atoms with van der Waals surface area (Å²) in [6.45, 7) is 2.66. The van der Waals surface area contributed by atoms with Gasteiger partial charge in [0, 0.05) is 13.8 Å². The van der Waals surface area contributed by atoms with Crippen molar-refractivity contribution in [1.82, 2.24) is 9.55 Å². The molecule has 0 unspecified atom stereocenters. The van der Waals surface area contributed by atoms with Gasteiger partial charge in [-0.3, -0.25) is 14.4 Å². The Bertz CT molecular complexity index is 818. The minimum Gasteiger partial charge on any atom is -0.394 e. The zero-order chi connectivity index (χ0) is 19.8. The van der Waals surface area contributed by atoms with E-state index >= 15 is 0 Å². The Kier molecular flexibility index (Phi) is 5.66. The van der Waals surface area contributed by atoms with Crippen LogP contribution < -0.4 is 11.0 Å². The Morgan fingerprint density at radius 1 is 1.15 bits per heavy atom. The summed E-state index contributed by atoms with van der Waals surface area (Å²) in [6.07, 6.45) is -5.30. The summed E-state index contributed by atoms with van der Waals surface area (Å²) in [5.41, 5.74) is -1.87. The molecule has 1 aromatic heterocycles. The fraction of sp³-hybridized carbons (Fsp3) is 0.533. The molecular formula is C15H19N3O8. The molecular weight excluding hydrogens is 350 g/mol. The average Bonchev–Trinajstić information content (AvgIpc) is 2.81. The van der Waals surface area contributed by atoms with Crippen molar-refractivity contribution in [2.75, 3.05) is 11.9 Å². The molecule has 0 radical (unpaired) electrons. The van der Waals surface area contributed by atoms with Crippen molar-refractivity contribution in [3.63, 3.8) is 0 Å². The van der Waals surface area contributed by atoms with Crippen LogP contribution in [0.15, 0.2) is 4.79 Å². The molecule has 1 saturated heterocycles. The van der Waals surface area contributed by atoms with Crippen LogP contribution in [0.3, 0.4) is 0 Å². The molecule has 4 N–H and O–H groups in total. The Labute approximate surface area is 147 Å². The molecule has 11 nitrogen and oxygen atoms in total. The first-order chi connectivity index (χ1) is 12.1.